The first kappa shape index (κ1) is 18.5. The number of halogens is 2. The van der Waals surface area contributed by atoms with Crippen molar-refractivity contribution in [3.8, 4) is 0 Å². The average molecular weight is 423 g/mol. The number of hydrogen-bond acceptors (Lipinski definition) is 6. The van der Waals surface area contributed by atoms with E-state index >= 15 is 0 Å². The summed E-state index contributed by atoms with van der Waals surface area (Å²) >= 11 is 0. The standard InChI is InChI=1S/C22H23F2N7/c1-13-8-30(12-26-13)22-9-21(10-22,11-22)29-20-27-18(25-2)14-6-7-31(19(14)28-20)16-5-3-4-15(23)17(16)24/h3-5,8,12H,6-7,9-11H2,1-2H3,(H2,25,27,28,29). The molecule has 3 aliphatic carbocycles. The van der Waals surface area contributed by atoms with E-state index in [0.717, 1.165) is 42.4 Å². The first-order valence-corrected chi connectivity index (χ1v) is 10.5. The predicted molar refractivity (Wildman–Crippen MR) is 114 cm³/mol. The molecule has 0 amide bonds. The third-order valence-electron chi connectivity index (χ3n) is 6.92. The van der Waals surface area contributed by atoms with Crippen LogP contribution >= 0.6 is 0 Å². The molecule has 0 atom stereocenters. The molecule has 1 aliphatic heterocycles. The Morgan fingerprint density at radius 3 is 2.65 bits per heavy atom. The van der Waals surface area contributed by atoms with E-state index in [4.69, 9.17) is 4.98 Å². The van der Waals surface area contributed by atoms with Gasteiger partial charge in [0.05, 0.1) is 23.2 Å². The normalized spacial score (nSPS) is 25.6. The van der Waals surface area contributed by atoms with Gasteiger partial charge in [0.15, 0.2) is 11.6 Å². The van der Waals surface area contributed by atoms with E-state index in [0.29, 0.717) is 24.7 Å². The number of hydrogen-bond donors (Lipinski definition) is 2. The van der Waals surface area contributed by atoms with E-state index in [-0.39, 0.29) is 16.8 Å². The SMILES string of the molecule is CNc1nc(NC23CC(n4cnc(C)c4)(C2)C3)nc2c1CCN2c1cccc(F)c1F. The Kier molecular flexibility index (Phi) is 3.68. The van der Waals surface area contributed by atoms with Crippen LogP contribution in [-0.2, 0) is 12.0 Å². The maximum absolute atomic E-state index is 14.5. The van der Waals surface area contributed by atoms with Gasteiger partial charge in [-0.3, -0.25) is 0 Å². The van der Waals surface area contributed by atoms with Gasteiger partial charge in [-0.1, -0.05) is 6.07 Å². The van der Waals surface area contributed by atoms with Gasteiger partial charge in [0.25, 0.3) is 0 Å². The molecule has 160 valence electrons. The molecule has 31 heavy (non-hydrogen) atoms. The smallest absolute Gasteiger partial charge is 0.227 e. The Labute approximate surface area is 178 Å². The van der Waals surface area contributed by atoms with E-state index < -0.39 is 11.6 Å². The molecule has 2 N–H and O–H groups in total. The first-order valence-electron chi connectivity index (χ1n) is 10.5. The van der Waals surface area contributed by atoms with Gasteiger partial charge in [0.2, 0.25) is 5.95 Å². The molecule has 3 saturated carbocycles. The number of anilines is 4. The maximum Gasteiger partial charge on any atom is 0.227 e. The average Bonchev–Trinajstić information content (AvgIpc) is 3.31. The Morgan fingerprint density at radius 1 is 1.13 bits per heavy atom. The number of nitrogens with one attached hydrogen (secondary N) is 2. The highest BCUT2D eigenvalue weighted by Crippen LogP contribution is 2.66. The minimum atomic E-state index is -0.860. The molecule has 0 unspecified atom stereocenters. The van der Waals surface area contributed by atoms with Crippen LogP contribution in [0.5, 0.6) is 0 Å². The molecule has 4 aliphatic rings. The monoisotopic (exact) mass is 423 g/mol. The zero-order valence-corrected chi connectivity index (χ0v) is 17.4. The number of nitrogens with zero attached hydrogens (tertiary/aromatic N) is 5. The first-order chi connectivity index (χ1) is 14.9. The molecule has 0 radical (unpaired) electrons. The van der Waals surface area contributed by atoms with Gasteiger partial charge >= 0.3 is 0 Å². The minimum absolute atomic E-state index is 0.0229. The molecular weight excluding hydrogens is 400 g/mol. The van der Waals surface area contributed by atoms with Crippen LogP contribution in [0.4, 0.5) is 32.1 Å². The van der Waals surface area contributed by atoms with Crippen LogP contribution in [0, 0.1) is 18.6 Å². The second-order valence-corrected chi connectivity index (χ2v) is 9.00. The number of rotatable bonds is 5. The van der Waals surface area contributed by atoms with Crippen molar-refractivity contribution in [1.29, 1.82) is 0 Å². The zero-order valence-electron chi connectivity index (χ0n) is 17.4. The van der Waals surface area contributed by atoms with Gasteiger partial charge in [-0.25, -0.2) is 13.8 Å². The fraction of sp³-hybridized carbons (Fsp3) is 0.409. The summed E-state index contributed by atoms with van der Waals surface area (Å²) in [6.45, 7) is 2.53. The number of aryl methyl sites for hydroxylation is 1. The summed E-state index contributed by atoms with van der Waals surface area (Å²) in [5, 5.41) is 6.67. The van der Waals surface area contributed by atoms with Crippen LogP contribution in [0.1, 0.15) is 30.5 Å². The lowest BCUT2D eigenvalue weighted by atomic mass is 9.44. The highest BCUT2D eigenvalue weighted by Gasteiger charge is 2.69. The van der Waals surface area contributed by atoms with E-state index in [1.54, 1.807) is 11.0 Å². The molecular formula is C22H23F2N7. The fourth-order valence-electron chi connectivity index (χ4n) is 5.51. The van der Waals surface area contributed by atoms with Crippen LogP contribution in [0.25, 0.3) is 0 Å². The Balaban J connectivity index is 1.29. The Hall–Kier alpha value is -3.23. The number of fused-ring (bicyclic) bond motifs is 1. The summed E-state index contributed by atoms with van der Waals surface area (Å²) in [5.74, 6) is 0.144. The number of imidazole rings is 1. The van der Waals surface area contributed by atoms with Gasteiger partial charge in [-0.05, 0) is 44.7 Å². The number of aromatic nitrogens is 4. The van der Waals surface area contributed by atoms with E-state index in [1.165, 1.54) is 6.07 Å². The molecule has 3 aromatic rings. The van der Waals surface area contributed by atoms with Crippen molar-refractivity contribution in [3.63, 3.8) is 0 Å². The summed E-state index contributed by atoms with van der Waals surface area (Å²) in [7, 11) is 1.81. The van der Waals surface area contributed by atoms with Crippen molar-refractivity contribution in [1.82, 2.24) is 19.5 Å². The van der Waals surface area contributed by atoms with Crippen LogP contribution in [0.2, 0.25) is 0 Å². The molecule has 7 nitrogen and oxygen atoms in total. The molecule has 3 heterocycles. The zero-order chi connectivity index (χ0) is 21.4. The second-order valence-electron chi connectivity index (χ2n) is 9.00. The maximum atomic E-state index is 14.5. The van der Waals surface area contributed by atoms with Crippen LogP contribution in [0.3, 0.4) is 0 Å². The van der Waals surface area contributed by atoms with E-state index in [2.05, 4.69) is 31.4 Å². The molecule has 2 bridgehead atoms. The molecule has 9 heteroatoms. The summed E-state index contributed by atoms with van der Waals surface area (Å²) in [4.78, 5) is 15.5. The third kappa shape index (κ3) is 2.58. The molecule has 2 aromatic heterocycles. The summed E-state index contributed by atoms with van der Waals surface area (Å²) in [5.41, 5.74) is 2.26. The van der Waals surface area contributed by atoms with Crippen molar-refractivity contribution >= 4 is 23.3 Å². The molecule has 3 fully saturated rings. The second kappa shape index (κ2) is 6.15. The van der Waals surface area contributed by atoms with Crippen LogP contribution < -0.4 is 15.5 Å². The van der Waals surface area contributed by atoms with Crippen molar-refractivity contribution in [2.75, 3.05) is 29.1 Å². The quantitative estimate of drug-likeness (QED) is 0.652. The Bertz CT molecular complexity index is 1180. The van der Waals surface area contributed by atoms with Crippen molar-refractivity contribution in [3.05, 3.63) is 53.6 Å². The predicted octanol–water partition coefficient (Wildman–Crippen LogP) is 3.74. The van der Waals surface area contributed by atoms with E-state index in [9.17, 15) is 8.78 Å². The van der Waals surface area contributed by atoms with Crippen LogP contribution in [0.15, 0.2) is 30.7 Å². The summed E-state index contributed by atoms with van der Waals surface area (Å²) < 4.78 is 30.5. The van der Waals surface area contributed by atoms with Crippen molar-refractivity contribution in [2.24, 2.45) is 0 Å². The molecule has 1 aromatic carbocycles. The lowest BCUT2D eigenvalue weighted by molar-refractivity contribution is -0.100. The van der Waals surface area contributed by atoms with Gasteiger partial charge in [0, 0.05) is 30.9 Å². The Morgan fingerprint density at radius 2 is 1.94 bits per heavy atom. The lowest BCUT2D eigenvalue weighted by Gasteiger charge is -2.70. The lowest BCUT2D eigenvalue weighted by Crippen LogP contribution is -2.75. The summed E-state index contributed by atoms with van der Waals surface area (Å²) in [6.07, 6.45) is 7.65. The van der Waals surface area contributed by atoms with Gasteiger partial charge in [0.1, 0.15) is 11.6 Å². The molecule has 0 saturated heterocycles. The highest BCUT2D eigenvalue weighted by atomic mass is 19.2. The number of benzene rings is 1. The van der Waals surface area contributed by atoms with Gasteiger partial charge < -0.3 is 20.1 Å². The van der Waals surface area contributed by atoms with Gasteiger partial charge in [-0.2, -0.15) is 9.97 Å². The molecule has 7 rings (SSSR count). The van der Waals surface area contributed by atoms with Crippen molar-refractivity contribution in [2.45, 2.75) is 43.7 Å². The summed E-state index contributed by atoms with van der Waals surface area (Å²) in [6, 6.07) is 4.23. The largest absolute Gasteiger partial charge is 0.373 e. The van der Waals surface area contributed by atoms with E-state index in [1.807, 2.05) is 20.3 Å². The molecule has 0 spiro atoms. The minimum Gasteiger partial charge on any atom is -0.373 e. The van der Waals surface area contributed by atoms with Crippen molar-refractivity contribution < 1.29 is 8.78 Å². The topological polar surface area (TPSA) is 70.9 Å². The highest BCUT2D eigenvalue weighted by molar-refractivity contribution is 5.73. The van der Waals surface area contributed by atoms with Crippen LogP contribution in [-0.4, -0.2) is 38.7 Å². The fourth-order valence-corrected chi connectivity index (χ4v) is 5.51. The van der Waals surface area contributed by atoms with Gasteiger partial charge in [-0.15, -0.1) is 0 Å². The third-order valence-corrected chi connectivity index (χ3v) is 6.92.